The average molecular weight is 349 g/mol. The molecule has 1 heterocycles. The second-order valence-corrected chi connectivity index (χ2v) is 6.35. The fraction of sp³-hybridized carbons (Fsp3) is 0.444. The first kappa shape index (κ1) is 18.3. The molecule has 0 saturated carbocycles. The molecule has 6 heteroatoms. The number of thiazole rings is 1. The van der Waals surface area contributed by atoms with Crippen LogP contribution in [0.25, 0.3) is 10.6 Å². The van der Waals surface area contributed by atoms with Crippen molar-refractivity contribution in [1.82, 2.24) is 4.98 Å². The topological polar surface area (TPSA) is 68.7 Å². The van der Waals surface area contributed by atoms with Crippen molar-refractivity contribution < 1.29 is 19.4 Å². The lowest BCUT2D eigenvalue weighted by atomic mass is 10.2. The Morgan fingerprint density at radius 1 is 1.29 bits per heavy atom. The maximum Gasteiger partial charge on any atom is 0.347 e. The number of carboxylic acid groups (broad SMARTS) is 1. The Morgan fingerprint density at radius 2 is 2.08 bits per heavy atom. The highest BCUT2D eigenvalue weighted by atomic mass is 32.1. The third kappa shape index (κ3) is 4.06. The minimum Gasteiger partial charge on any atom is -0.493 e. The van der Waals surface area contributed by atoms with E-state index >= 15 is 0 Å². The summed E-state index contributed by atoms with van der Waals surface area (Å²) in [5.41, 5.74) is 1.38. The molecule has 0 spiro atoms. The summed E-state index contributed by atoms with van der Waals surface area (Å²) in [7, 11) is 1.60. The lowest BCUT2D eigenvalue weighted by molar-refractivity contribution is 0.0701. The Kier molecular flexibility index (Phi) is 6.61. The highest BCUT2D eigenvalue weighted by Crippen LogP contribution is 2.40. The number of aryl methyl sites for hydroxylation is 1. The second kappa shape index (κ2) is 8.68. The summed E-state index contributed by atoms with van der Waals surface area (Å²) < 4.78 is 11.4. The van der Waals surface area contributed by atoms with Crippen LogP contribution >= 0.6 is 11.3 Å². The first-order valence-corrected chi connectivity index (χ1v) is 8.97. The SMILES string of the molecule is CCCCCOc1c(OC)cccc1-c1nc(CC)c(C(=O)O)s1. The van der Waals surface area contributed by atoms with Gasteiger partial charge < -0.3 is 14.6 Å². The van der Waals surface area contributed by atoms with Crippen LogP contribution < -0.4 is 9.47 Å². The smallest absolute Gasteiger partial charge is 0.347 e. The van der Waals surface area contributed by atoms with Crippen LogP contribution in [0, 0.1) is 0 Å². The van der Waals surface area contributed by atoms with Crippen molar-refractivity contribution in [2.45, 2.75) is 39.5 Å². The van der Waals surface area contributed by atoms with Gasteiger partial charge in [-0.05, 0) is 25.0 Å². The molecule has 1 aromatic heterocycles. The van der Waals surface area contributed by atoms with E-state index < -0.39 is 5.97 Å². The summed E-state index contributed by atoms with van der Waals surface area (Å²) in [4.78, 5) is 16.2. The number of benzene rings is 1. The highest BCUT2D eigenvalue weighted by molar-refractivity contribution is 7.17. The number of hydrogen-bond donors (Lipinski definition) is 1. The van der Waals surface area contributed by atoms with Crippen molar-refractivity contribution in [3.8, 4) is 22.1 Å². The van der Waals surface area contributed by atoms with Gasteiger partial charge in [0, 0.05) is 0 Å². The first-order chi connectivity index (χ1) is 11.6. The summed E-state index contributed by atoms with van der Waals surface area (Å²) in [5, 5.41) is 9.99. The van der Waals surface area contributed by atoms with Gasteiger partial charge in [-0.25, -0.2) is 9.78 Å². The average Bonchev–Trinajstić information content (AvgIpc) is 3.03. The molecule has 5 nitrogen and oxygen atoms in total. The van der Waals surface area contributed by atoms with E-state index in [9.17, 15) is 9.90 Å². The molecule has 0 radical (unpaired) electrons. The number of hydrogen-bond acceptors (Lipinski definition) is 5. The third-order valence-corrected chi connectivity index (χ3v) is 4.77. The molecule has 2 aromatic rings. The number of rotatable bonds is 9. The first-order valence-electron chi connectivity index (χ1n) is 8.15. The van der Waals surface area contributed by atoms with E-state index in [4.69, 9.17) is 9.47 Å². The minimum absolute atomic E-state index is 0.284. The molecule has 24 heavy (non-hydrogen) atoms. The monoisotopic (exact) mass is 349 g/mol. The summed E-state index contributed by atoms with van der Waals surface area (Å²) in [6, 6.07) is 5.59. The maximum absolute atomic E-state index is 11.4. The van der Waals surface area contributed by atoms with Gasteiger partial charge >= 0.3 is 5.97 Å². The molecule has 0 aliphatic heterocycles. The molecule has 0 saturated heterocycles. The minimum atomic E-state index is -0.941. The molecule has 0 amide bonds. The predicted octanol–water partition coefficient (Wildman–Crippen LogP) is 4.65. The van der Waals surface area contributed by atoms with Crippen molar-refractivity contribution in [2.75, 3.05) is 13.7 Å². The van der Waals surface area contributed by atoms with Crippen LogP contribution in [0.5, 0.6) is 11.5 Å². The van der Waals surface area contributed by atoms with E-state index in [1.165, 1.54) is 11.3 Å². The van der Waals surface area contributed by atoms with Crippen LogP contribution in [-0.4, -0.2) is 29.8 Å². The molecule has 1 N–H and O–H groups in total. The van der Waals surface area contributed by atoms with Crippen molar-refractivity contribution >= 4 is 17.3 Å². The predicted molar refractivity (Wildman–Crippen MR) is 95.5 cm³/mol. The zero-order valence-electron chi connectivity index (χ0n) is 14.3. The van der Waals surface area contributed by atoms with Gasteiger partial charge in [0.15, 0.2) is 11.5 Å². The normalized spacial score (nSPS) is 10.6. The zero-order chi connectivity index (χ0) is 17.5. The maximum atomic E-state index is 11.4. The Morgan fingerprint density at radius 3 is 2.67 bits per heavy atom. The quantitative estimate of drug-likeness (QED) is 0.668. The van der Waals surface area contributed by atoms with Crippen LogP contribution in [-0.2, 0) is 6.42 Å². The van der Waals surface area contributed by atoms with E-state index in [-0.39, 0.29) is 4.88 Å². The van der Waals surface area contributed by atoms with Gasteiger partial charge in [0.2, 0.25) is 0 Å². The molecule has 0 aliphatic rings. The molecular weight excluding hydrogens is 326 g/mol. The highest BCUT2D eigenvalue weighted by Gasteiger charge is 2.20. The Hall–Kier alpha value is -2.08. The van der Waals surface area contributed by atoms with Crippen molar-refractivity contribution in [1.29, 1.82) is 0 Å². The molecule has 0 aliphatic carbocycles. The zero-order valence-corrected chi connectivity index (χ0v) is 15.1. The van der Waals surface area contributed by atoms with Gasteiger partial charge in [-0.3, -0.25) is 0 Å². The summed E-state index contributed by atoms with van der Waals surface area (Å²) >= 11 is 1.18. The number of ether oxygens (including phenoxy) is 2. The number of unbranched alkanes of at least 4 members (excludes halogenated alkanes) is 2. The number of carboxylic acids is 1. The Balaban J connectivity index is 2.40. The van der Waals surface area contributed by atoms with E-state index in [0.29, 0.717) is 35.2 Å². The molecule has 0 bridgehead atoms. The number of methoxy groups -OCH3 is 1. The van der Waals surface area contributed by atoms with Gasteiger partial charge in [-0.2, -0.15) is 0 Å². The Bertz CT molecular complexity index is 696. The second-order valence-electron chi connectivity index (χ2n) is 5.35. The number of aromatic carboxylic acids is 1. The molecule has 0 unspecified atom stereocenters. The van der Waals surface area contributed by atoms with Crippen LogP contribution in [0.1, 0.15) is 48.5 Å². The summed E-state index contributed by atoms with van der Waals surface area (Å²) in [5.74, 6) is 0.322. The van der Waals surface area contributed by atoms with Gasteiger partial charge in [-0.1, -0.05) is 32.8 Å². The molecule has 0 atom stereocenters. The number of nitrogens with zero attached hydrogens (tertiary/aromatic N) is 1. The van der Waals surface area contributed by atoms with Gasteiger partial charge in [0.1, 0.15) is 9.88 Å². The summed E-state index contributed by atoms with van der Waals surface area (Å²) in [6.45, 7) is 4.64. The van der Waals surface area contributed by atoms with Crippen LogP contribution in [0.3, 0.4) is 0 Å². The van der Waals surface area contributed by atoms with Crippen molar-refractivity contribution in [3.05, 3.63) is 28.8 Å². The van der Waals surface area contributed by atoms with E-state index in [1.54, 1.807) is 7.11 Å². The molecule has 2 rings (SSSR count). The van der Waals surface area contributed by atoms with E-state index in [0.717, 1.165) is 24.8 Å². The molecule has 130 valence electrons. The Labute approximate surface area is 146 Å². The fourth-order valence-electron chi connectivity index (χ4n) is 2.39. The number of carbonyl (C=O) groups is 1. The van der Waals surface area contributed by atoms with E-state index in [2.05, 4.69) is 11.9 Å². The lowest BCUT2D eigenvalue weighted by Crippen LogP contribution is -2.01. The van der Waals surface area contributed by atoms with Gasteiger partial charge in [0.05, 0.1) is 25.0 Å². The van der Waals surface area contributed by atoms with Crippen LogP contribution in [0.15, 0.2) is 18.2 Å². The van der Waals surface area contributed by atoms with Crippen LogP contribution in [0.2, 0.25) is 0 Å². The lowest BCUT2D eigenvalue weighted by Gasteiger charge is -2.13. The molecular formula is C18H23NO4S. The van der Waals surface area contributed by atoms with Gasteiger partial charge in [-0.15, -0.1) is 11.3 Å². The standard InChI is InChI=1S/C18H23NO4S/c1-4-6-7-11-23-15-12(9-8-10-14(15)22-3)17-19-13(5-2)16(24-17)18(20)21/h8-10H,4-7,11H2,1-3H3,(H,20,21). The van der Waals surface area contributed by atoms with Crippen LogP contribution in [0.4, 0.5) is 0 Å². The van der Waals surface area contributed by atoms with Crippen molar-refractivity contribution in [2.24, 2.45) is 0 Å². The molecule has 0 fully saturated rings. The van der Waals surface area contributed by atoms with Gasteiger partial charge in [0.25, 0.3) is 0 Å². The third-order valence-electron chi connectivity index (χ3n) is 3.65. The van der Waals surface area contributed by atoms with Crippen molar-refractivity contribution in [3.63, 3.8) is 0 Å². The molecule has 1 aromatic carbocycles. The fourth-order valence-corrected chi connectivity index (χ4v) is 3.41. The number of para-hydroxylation sites is 1. The summed E-state index contributed by atoms with van der Waals surface area (Å²) in [6.07, 6.45) is 3.77. The van der Waals surface area contributed by atoms with E-state index in [1.807, 2.05) is 25.1 Å². The largest absolute Gasteiger partial charge is 0.493 e. The number of aromatic nitrogens is 1.